The van der Waals surface area contributed by atoms with Crippen molar-refractivity contribution in [3.05, 3.63) is 63.7 Å². The van der Waals surface area contributed by atoms with Crippen molar-refractivity contribution in [3.8, 4) is 0 Å². The standard InChI is InChI=1S/C19H21ClN6O/c20-15-8-5-4-6-13(15)11-26-12-18(24-25-26)19(27)21-10-17-14-7-2-1-3-9-16(14)22-23-17/h4-6,8,12H,1-3,7,9-11H2,(H,21,27)(H,22,23). The molecule has 0 bridgehead atoms. The number of carbonyl (C=O) groups excluding carboxylic acids is 1. The van der Waals surface area contributed by atoms with Crippen LogP contribution in [0, 0.1) is 0 Å². The lowest BCUT2D eigenvalue weighted by Crippen LogP contribution is -2.24. The predicted molar refractivity (Wildman–Crippen MR) is 102 cm³/mol. The summed E-state index contributed by atoms with van der Waals surface area (Å²) in [7, 11) is 0. The zero-order valence-electron chi connectivity index (χ0n) is 14.9. The van der Waals surface area contributed by atoms with E-state index in [-0.39, 0.29) is 11.6 Å². The van der Waals surface area contributed by atoms with Crippen LogP contribution in [0.25, 0.3) is 0 Å². The van der Waals surface area contributed by atoms with Gasteiger partial charge in [0.05, 0.1) is 25.0 Å². The summed E-state index contributed by atoms with van der Waals surface area (Å²) in [5.74, 6) is -0.259. The molecule has 27 heavy (non-hydrogen) atoms. The van der Waals surface area contributed by atoms with E-state index in [4.69, 9.17) is 11.6 Å². The second kappa shape index (κ2) is 7.92. The Balaban J connectivity index is 1.39. The molecule has 0 atom stereocenters. The van der Waals surface area contributed by atoms with Crippen LogP contribution in [-0.2, 0) is 25.9 Å². The molecule has 0 spiro atoms. The third-order valence-electron chi connectivity index (χ3n) is 4.87. The maximum absolute atomic E-state index is 12.4. The molecule has 4 rings (SSSR count). The fourth-order valence-electron chi connectivity index (χ4n) is 3.41. The molecule has 1 aliphatic rings. The number of fused-ring (bicyclic) bond motifs is 1. The summed E-state index contributed by atoms with van der Waals surface area (Å²) in [5.41, 5.74) is 4.60. The van der Waals surface area contributed by atoms with E-state index in [0.29, 0.717) is 18.1 Å². The number of amides is 1. The number of aryl methyl sites for hydroxylation is 1. The summed E-state index contributed by atoms with van der Waals surface area (Å²) in [5, 5.41) is 19.1. The van der Waals surface area contributed by atoms with Gasteiger partial charge in [-0.05, 0) is 42.9 Å². The molecule has 2 aromatic heterocycles. The number of carbonyl (C=O) groups is 1. The van der Waals surface area contributed by atoms with Gasteiger partial charge in [0, 0.05) is 10.7 Å². The van der Waals surface area contributed by atoms with E-state index < -0.39 is 0 Å². The van der Waals surface area contributed by atoms with Gasteiger partial charge in [-0.2, -0.15) is 5.10 Å². The predicted octanol–water partition coefficient (Wildman–Crippen LogP) is 2.90. The SMILES string of the molecule is O=C(NCc1n[nH]c2c1CCCCC2)c1cn(Cc2ccccc2Cl)nn1. The first-order valence-electron chi connectivity index (χ1n) is 9.17. The van der Waals surface area contributed by atoms with E-state index in [2.05, 4.69) is 25.8 Å². The molecule has 1 aliphatic carbocycles. The number of hydrogen-bond acceptors (Lipinski definition) is 4. The maximum atomic E-state index is 12.4. The number of H-pyrrole nitrogens is 1. The van der Waals surface area contributed by atoms with Gasteiger partial charge in [0.15, 0.2) is 5.69 Å². The van der Waals surface area contributed by atoms with Crippen LogP contribution in [0.1, 0.15) is 52.3 Å². The summed E-state index contributed by atoms with van der Waals surface area (Å²) in [6, 6.07) is 7.54. The minimum absolute atomic E-state index is 0.259. The Morgan fingerprint density at radius 3 is 2.96 bits per heavy atom. The van der Waals surface area contributed by atoms with Crippen molar-refractivity contribution in [2.45, 2.75) is 45.2 Å². The van der Waals surface area contributed by atoms with Gasteiger partial charge in [-0.15, -0.1) is 5.10 Å². The molecule has 0 saturated heterocycles. The normalized spacial score (nSPS) is 13.8. The van der Waals surface area contributed by atoms with Gasteiger partial charge in [0.25, 0.3) is 5.91 Å². The number of benzene rings is 1. The van der Waals surface area contributed by atoms with Gasteiger partial charge in [0.2, 0.25) is 0 Å². The van der Waals surface area contributed by atoms with E-state index >= 15 is 0 Å². The highest BCUT2D eigenvalue weighted by molar-refractivity contribution is 6.31. The Morgan fingerprint density at radius 2 is 2.07 bits per heavy atom. The van der Waals surface area contributed by atoms with Crippen molar-refractivity contribution in [1.82, 2.24) is 30.5 Å². The minimum Gasteiger partial charge on any atom is -0.345 e. The quantitative estimate of drug-likeness (QED) is 0.662. The molecule has 0 unspecified atom stereocenters. The molecule has 0 aliphatic heterocycles. The summed E-state index contributed by atoms with van der Waals surface area (Å²) >= 11 is 6.17. The Kier molecular flexibility index (Phi) is 5.20. The van der Waals surface area contributed by atoms with Gasteiger partial charge in [-0.1, -0.05) is 41.4 Å². The van der Waals surface area contributed by atoms with Crippen LogP contribution in [0.15, 0.2) is 30.5 Å². The van der Waals surface area contributed by atoms with Gasteiger partial charge in [-0.25, -0.2) is 4.68 Å². The molecular weight excluding hydrogens is 364 g/mol. The van der Waals surface area contributed by atoms with Crippen LogP contribution in [0.2, 0.25) is 5.02 Å². The lowest BCUT2D eigenvalue weighted by molar-refractivity contribution is 0.0945. The average Bonchev–Trinajstić information content (AvgIpc) is 3.22. The van der Waals surface area contributed by atoms with Crippen molar-refractivity contribution in [3.63, 3.8) is 0 Å². The molecule has 2 N–H and O–H groups in total. The number of aromatic nitrogens is 5. The highest BCUT2D eigenvalue weighted by Crippen LogP contribution is 2.21. The largest absolute Gasteiger partial charge is 0.345 e. The van der Waals surface area contributed by atoms with Crippen molar-refractivity contribution < 1.29 is 4.79 Å². The monoisotopic (exact) mass is 384 g/mol. The molecule has 1 amide bonds. The number of hydrogen-bond donors (Lipinski definition) is 2. The molecule has 140 valence electrons. The van der Waals surface area contributed by atoms with Crippen molar-refractivity contribution in [2.75, 3.05) is 0 Å². The Morgan fingerprint density at radius 1 is 1.22 bits per heavy atom. The second-order valence-electron chi connectivity index (χ2n) is 6.76. The molecule has 0 radical (unpaired) electrons. The number of halogens is 1. The highest BCUT2D eigenvalue weighted by Gasteiger charge is 2.17. The smallest absolute Gasteiger partial charge is 0.273 e. The Labute approximate surface area is 162 Å². The molecule has 0 fully saturated rings. The number of rotatable bonds is 5. The summed E-state index contributed by atoms with van der Waals surface area (Å²) in [6.07, 6.45) is 7.28. The number of nitrogens with zero attached hydrogens (tertiary/aromatic N) is 4. The molecule has 8 heteroatoms. The van der Waals surface area contributed by atoms with E-state index in [9.17, 15) is 4.79 Å². The molecule has 0 saturated carbocycles. The Hall–Kier alpha value is -2.67. The van der Waals surface area contributed by atoms with E-state index in [1.807, 2.05) is 24.3 Å². The molecular formula is C19H21ClN6O. The molecule has 3 aromatic rings. The topological polar surface area (TPSA) is 88.5 Å². The first-order valence-corrected chi connectivity index (χ1v) is 9.55. The summed E-state index contributed by atoms with van der Waals surface area (Å²) in [4.78, 5) is 12.4. The summed E-state index contributed by atoms with van der Waals surface area (Å²) < 4.78 is 1.61. The first kappa shape index (κ1) is 17.7. The van der Waals surface area contributed by atoms with E-state index in [1.54, 1.807) is 10.9 Å². The van der Waals surface area contributed by atoms with Gasteiger partial charge in [0.1, 0.15) is 0 Å². The van der Waals surface area contributed by atoms with Gasteiger partial charge in [-0.3, -0.25) is 9.89 Å². The first-order chi connectivity index (χ1) is 13.2. The van der Waals surface area contributed by atoms with Crippen LogP contribution in [0.4, 0.5) is 0 Å². The minimum atomic E-state index is -0.259. The van der Waals surface area contributed by atoms with Gasteiger partial charge < -0.3 is 5.32 Å². The number of nitrogens with one attached hydrogen (secondary N) is 2. The van der Waals surface area contributed by atoms with E-state index in [0.717, 1.165) is 24.1 Å². The zero-order valence-corrected chi connectivity index (χ0v) is 15.7. The van der Waals surface area contributed by atoms with Crippen LogP contribution in [0.5, 0.6) is 0 Å². The van der Waals surface area contributed by atoms with Crippen molar-refractivity contribution >= 4 is 17.5 Å². The molecule has 1 aromatic carbocycles. The second-order valence-corrected chi connectivity index (χ2v) is 7.17. The van der Waals surface area contributed by atoms with Crippen LogP contribution in [-0.4, -0.2) is 31.1 Å². The molecule has 2 heterocycles. The summed E-state index contributed by atoms with van der Waals surface area (Å²) in [6.45, 7) is 0.856. The Bertz CT molecular complexity index is 947. The lowest BCUT2D eigenvalue weighted by atomic mass is 10.1. The van der Waals surface area contributed by atoms with Crippen LogP contribution < -0.4 is 5.32 Å². The average molecular weight is 385 g/mol. The third kappa shape index (κ3) is 4.03. The fraction of sp³-hybridized carbons (Fsp3) is 0.368. The fourth-order valence-corrected chi connectivity index (χ4v) is 3.60. The van der Waals surface area contributed by atoms with Crippen LogP contribution >= 0.6 is 11.6 Å². The van der Waals surface area contributed by atoms with E-state index in [1.165, 1.54) is 30.5 Å². The van der Waals surface area contributed by atoms with Crippen molar-refractivity contribution in [2.24, 2.45) is 0 Å². The van der Waals surface area contributed by atoms with Crippen LogP contribution in [0.3, 0.4) is 0 Å². The van der Waals surface area contributed by atoms with Crippen molar-refractivity contribution in [1.29, 1.82) is 0 Å². The third-order valence-corrected chi connectivity index (χ3v) is 5.24. The lowest BCUT2D eigenvalue weighted by Gasteiger charge is -2.04. The number of aromatic amines is 1. The zero-order chi connectivity index (χ0) is 18.6. The maximum Gasteiger partial charge on any atom is 0.273 e. The molecule has 7 nitrogen and oxygen atoms in total. The highest BCUT2D eigenvalue weighted by atomic mass is 35.5. The van der Waals surface area contributed by atoms with Gasteiger partial charge >= 0.3 is 0 Å².